The average Bonchev–Trinajstić information content (AvgIpc) is 2.65. The predicted octanol–water partition coefficient (Wildman–Crippen LogP) is 1.81. The summed E-state index contributed by atoms with van der Waals surface area (Å²) < 4.78 is 4.81. The van der Waals surface area contributed by atoms with E-state index in [4.69, 9.17) is 20.4 Å². The number of hydrogen-bond acceptors (Lipinski definition) is 7. The van der Waals surface area contributed by atoms with Crippen molar-refractivity contribution < 1.29 is 24.3 Å². The Morgan fingerprint density at radius 2 is 2.18 bits per heavy atom. The minimum Gasteiger partial charge on any atom is -0.480 e. The molecule has 0 fully saturated rings. The molecule has 2 rings (SSSR count). The van der Waals surface area contributed by atoms with Crippen LogP contribution in [0.2, 0.25) is 0 Å². The summed E-state index contributed by atoms with van der Waals surface area (Å²) in [7, 11) is 0. The summed E-state index contributed by atoms with van der Waals surface area (Å²) in [6.07, 6.45) is 7.08. The fourth-order valence-corrected chi connectivity index (χ4v) is 2.66. The summed E-state index contributed by atoms with van der Waals surface area (Å²) in [5, 5.41) is 15.7. The van der Waals surface area contributed by atoms with Gasteiger partial charge < -0.3 is 25.7 Å². The summed E-state index contributed by atoms with van der Waals surface area (Å²) in [4.78, 5) is 27.1. The number of aliphatic carboxylic acids is 1. The quantitative estimate of drug-likeness (QED) is 0.318. The molecule has 0 unspecified atom stereocenters. The van der Waals surface area contributed by atoms with Gasteiger partial charge in [0.15, 0.2) is 0 Å². The molecule has 0 heterocycles. The normalized spacial score (nSPS) is 14.6. The highest BCUT2D eigenvalue weighted by molar-refractivity contribution is 6.02. The molecule has 0 saturated carbocycles. The van der Waals surface area contributed by atoms with Crippen molar-refractivity contribution in [2.24, 2.45) is 5.16 Å². The first kappa shape index (κ1) is 21.2. The molecular weight excluding hydrogens is 362 g/mol. The zero-order chi connectivity index (χ0) is 20.4. The van der Waals surface area contributed by atoms with Crippen LogP contribution in [0.3, 0.4) is 0 Å². The maximum Gasteiger partial charge on any atom is 0.347 e. The van der Waals surface area contributed by atoms with Gasteiger partial charge in [-0.05, 0) is 36.1 Å². The summed E-state index contributed by atoms with van der Waals surface area (Å²) >= 11 is 0. The Bertz CT molecular complexity index is 799. The zero-order valence-electron chi connectivity index (χ0n) is 15.8. The van der Waals surface area contributed by atoms with Crippen LogP contribution in [-0.4, -0.2) is 42.5 Å². The molecule has 8 nitrogen and oxygen atoms in total. The molecule has 28 heavy (non-hydrogen) atoms. The highest BCUT2D eigenvalue weighted by Gasteiger charge is 2.12. The Morgan fingerprint density at radius 1 is 1.36 bits per heavy atom. The molecule has 150 valence electrons. The lowest BCUT2D eigenvalue weighted by Gasteiger charge is -2.14. The smallest absolute Gasteiger partial charge is 0.347 e. The van der Waals surface area contributed by atoms with Crippen LogP contribution >= 0.6 is 0 Å². The summed E-state index contributed by atoms with van der Waals surface area (Å²) in [6, 6.07) is 5.67. The third kappa shape index (κ3) is 6.88. The van der Waals surface area contributed by atoms with Gasteiger partial charge in [-0.3, -0.25) is 4.79 Å². The predicted molar refractivity (Wildman–Crippen MR) is 106 cm³/mol. The van der Waals surface area contributed by atoms with Crippen LogP contribution in [0.15, 0.2) is 47.2 Å². The zero-order valence-corrected chi connectivity index (χ0v) is 15.8. The third-order valence-electron chi connectivity index (χ3n) is 3.97. The maximum absolute atomic E-state index is 11.4. The van der Waals surface area contributed by atoms with E-state index in [0.717, 1.165) is 22.4 Å². The van der Waals surface area contributed by atoms with Crippen molar-refractivity contribution in [3.63, 3.8) is 0 Å². The van der Waals surface area contributed by atoms with Crippen LogP contribution < -0.4 is 11.1 Å². The van der Waals surface area contributed by atoms with Crippen molar-refractivity contribution >= 4 is 23.3 Å². The number of hydrogen-bond donors (Lipinski definition) is 3. The topological polar surface area (TPSA) is 123 Å². The van der Waals surface area contributed by atoms with Crippen LogP contribution in [0.4, 0.5) is 5.69 Å². The number of carbonyl (C=O) groups excluding carboxylic acids is 1. The first-order valence-electron chi connectivity index (χ1n) is 9.00. The Morgan fingerprint density at radius 3 is 2.93 bits per heavy atom. The van der Waals surface area contributed by atoms with E-state index >= 15 is 0 Å². The monoisotopic (exact) mass is 387 g/mol. The Hall–Kier alpha value is -3.13. The number of anilines is 1. The Labute approximate surface area is 163 Å². The van der Waals surface area contributed by atoms with E-state index in [1.165, 1.54) is 0 Å². The van der Waals surface area contributed by atoms with Crippen LogP contribution in [0.1, 0.15) is 24.5 Å². The first-order chi connectivity index (χ1) is 13.5. The Balaban J connectivity index is 2.03. The first-order valence-corrected chi connectivity index (χ1v) is 9.00. The molecule has 8 heteroatoms. The second kappa shape index (κ2) is 10.9. The number of rotatable bonds is 10. The molecule has 1 aliphatic carbocycles. The van der Waals surface area contributed by atoms with Crippen molar-refractivity contribution in [2.45, 2.75) is 26.3 Å². The molecule has 4 N–H and O–H groups in total. The molecule has 0 aliphatic heterocycles. The fourth-order valence-electron chi connectivity index (χ4n) is 2.66. The standard InChI is InChI=1S/C20H25N3O5/c1-2-27-20(26)13-28-23-18-6-4-3-5-15(18)9-14-7-8-17(21)16(10-14)11-22-12-19(24)25/h3-5,7-8,10,22H,2,6,9,11-13,21H2,1H3,(H,24,25). The van der Waals surface area contributed by atoms with E-state index in [9.17, 15) is 9.59 Å². The second-order valence-electron chi connectivity index (χ2n) is 6.15. The van der Waals surface area contributed by atoms with E-state index in [1.54, 1.807) is 13.0 Å². The molecule has 0 bridgehead atoms. The molecule has 0 radical (unpaired) electrons. The van der Waals surface area contributed by atoms with Gasteiger partial charge in [0.2, 0.25) is 6.61 Å². The van der Waals surface area contributed by atoms with Crippen molar-refractivity contribution in [3.05, 3.63) is 53.1 Å². The molecule has 1 aromatic carbocycles. The highest BCUT2D eigenvalue weighted by atomic mass is 16.7. The SMILES string of the molecule is CCOC(=O)CON=C1CC=CC=C1Cc1ccc(N)c(CNCC(=O)O)c1. The van der Waals surface area contributed by atoms with Crippen LogP contribution in [-0.2, 0) is 32.1 Å². The number of nitrogen functional groups attached to an aromatic ring is 1. The highest BCUT2D eigenvalue weighted by Crippen LogP contribution is 2.20. The van der Waals surface area contributed by atoms with Gasteiger partial charge in [-0.2, -0.15) is 0 Å². The molecule has 0 atom stereocenters. The van der Waals surface area contributed by atoms with Crippen molar-refractivity contribution in [1.82, 2.24) is 5.32 Å². The van der Waals surface area contributed by atoms with E-state index < -0.39 is 11.9 Å². The van der Waals surface area contributed by atoms with E-state index in [0.29, 0.717) is 31.7 Å². The van der Waals surface area contributed by atoms with E-state index in [-0.39, 0.29) is 13.2 Å². The van der Waals surface area contributed by atoms with Gasteiger partial charge in [0.05, 0.1) is 18.9 Å². The van der Waals surface area contributed by atoms with Crippen molar-refractivity contribution in [1.29, 1.82) is 0 Å². The van der Waals surface area contributed by atoms with Gasteiger partial charge in [0, 0.05) is 18.7 Å². The summed E-state index contributed by atoms with van der Waals surface area (Å²) in [5.41, 5.74) is 10.2. The maximum atomic E-state index is 11.4. The minimum absolute atomic E-state index is 0.131. The lowest BCUT2D eigenvalue weighted by molar-refractivity contribution is -0.148. The largest absolute Gasteiger partial charge is 0.480 e. The molecule has 0 aromatic heterocycles. The van der Waals surface area contributed by atoms with Gasteiger partial charge in [0.25, 0.3) is 0 Å². The number of carboxylic acids is 1. The van der Waals surface area contributed by atoms with Gasteiger partial charge in [-0.1, -0.05) is 35.5 Å². The number of esters is 1. The molecule has 1 aliphatic rings. The van der Waals surface area contributed by atoms with Gasteiger partial charge in [0.1, 0.15) is 0 Å². The molecular formula is C20H25N3O5. The van der Waals surface area contributed by atoms with Crippen LogP contribution in [0.25, 0.3) is 0 Å². The number of nitrogens with two attached hydrogens (primary N) is 1. The van der Waals surface area contributed by atoms with Crippen LogP contribution in [0, 0.1) is 0 Å². The number of allylic oxidation sites excluding steroid dienone is 4. The van der Waals surface area contributed by atoms with Gasteiger partial charge in [-0.25, -0.2) is 4.79 Å². The van der Waals surface area contributed by atoms with Crippen molar-refractivity contribution in [2.75, 3.05) is 25.5 Å². The number of oxime groups is 1. The number of ether oxygens (including phenoxy) is 1. The molecule has 0 amide bonds. The molecule has 1 aromatic rings. The number of carbonyl (C=O) groups is 2. The van der Waals surface area contributed by atoms with E-state index in [1.807, 2.05) is 30.4 Å². The summed E-state index contributed by atoms with van der Waals surface area (Å²) in [6.45, 7) is 2.04. The number of nitrogens with one attached hydrogen (secondary N) is 1. The van der Waals surface area contributed by atoms with Crippen molar-refractivity contribution in [3.8, 4) is 0 Å². The Kier molecular flexibility index (Phi) is 8.23. The lowest BCUT2D eigenvalue weighted by atomic mass is 9.94. The summed E-state index contributed by atoms with van der Waals surface area (Å²) in [5.74, 6) is -1.38. The number of nitrogens with zero attached hydrogens (tertiary/aromatic N) is 1. The molecule has 0 spiro atoms. The average molecular weight is 387 g/mol. The third-order valence-corrected chi connectivity index (χ3v) is 3.97. The number of benzene rings is 1. The second-order valence-corrected chi connectivity index (χ2v) is 6.15. The fraction of sp³-hybridized carbons (Fsp3) is 0.350. The number of carboxylic acid groups (broad SMARTS) is 1. The van der Waals surface area contributed by atoms with E-state index in [2.05, 4.69) is 10.5 Å². The lowest BCUT2D eigenvalue weighted by Crippen LogP contribution is -2.22. The molecule has 0 saturated heterocycles. The van der Waals surface area contributed by atoms with Crippen LogP contribution in [0.5, 0.6) is 0 Å². The van der Waals surface area contributed by atoms with Gasteiger partial charge >= 0.3 is 11.9 Å². The minimum atomic E-state index is -0.919. The van der Waals surface area contributed by atoms with Gasteiger partial charge in [-0.15, -0.1) is 0 Å².